The molecule has 102 valence electrons. The number of rotatable bonds is 4. The summed E-state index contributed by atoms with van der Waals surface area (Å²) >= 11 is 0. The number of carboxylic acids is 1. The van der Waals surface area contributed by atoms with Gasteiger partial charge in [0.15, 0.2) is 0 Å². The molecule has 1 unspecified atom stereocenters. The van der Waals surface area contributed by atoms with Crippen molar-refractivity contribution in [1.82, 2.24) is 4.90 Å². The van der Waals surface area contributed by atoms with Gasteiger partial charge in [0.05, 0.1) is 13.2 Å². The van der Waals surface area contributed by atoms with Crippen molar-refractivity contribution in [3.8, 4) is 0 Å². The average molecular weight is 261 g/mol. The van der Waals surface area contributed by atoms with Gasteiger partial charge < -0.3 is 9.84 Å². The summed E-state index contributed by atoms with van der Waals surface area (Å²) in [6.45, 7) is 2.29. The molecule has 1 heterocycles. The van der Waals surface area contributed by atoms with E-state index in [1.807, 2.05) is 4.90 Å². The predicted octanol–water partition coefficient (Wildman–Crippen LogP) is 1.85. The zero-order chi connectivity index (χ0) is 13.2. The van der Waals surface area contributed by atoms with Crippen LogP contribution in [-0.2, 0) is 16.1 Å². The fraction of sp³-hybridized carbons (Fsp3) is 0.533. The van der Waals surface area contributed by atoms with Gasteiger partial charge in [0.25, 0.3) is 0 Å². The largest absolute Gasteiger partial charge is 0.480 e. The SMILES string of the molecule is O=C(O)C1COCCN1Cc1cccc(C2CC2)c1. The summed E-state index contributed by atoms with van der Waals surface area (Å²) in [5, 5.41) is 9.22. The lowest BCUT2D eigenvalue weighted by Gasteiger charge is -2.32. The molecule has 1 aliphatic carbocycles. The highest BCUT2D eigenvalue weighted by Gasteiger charge is 2.29. The van der Waals surface area contributed by atoms with Gasteiger partial charge in [-0.1, -0.05) is 24.3 Å². The molecule has 0 radical (unpaired) electrons. The van der Waals surface area contributed by atoms with Crippen LogP contribution in [0, 0.1) is 0 Å². The second kappa shape index (κ2) is 5.31. The van der Waals surface area contributed by atoms with Gasteiger partial charge in [0.2, 0.25) is 0 Å². The van der Waals surface area contributed by atoms with Crippen LogP contribution in [0.15, 0.2) is 24.3 Å². The zero-order valence-electron chi connectivity index (χ0n) is 10.9. The number of hydrogen-bond acceptors (Lipinski definition) is 3. The third-order valence-corrected chi connectivity index (χ3v) is 3.91. The highest BCUT2D eigenvalue weighted by Crippen LogP contribution is 2.40. The molecule has 1 atom stereocenters. The highest BCUT2D eigenvalue weighted by molar-refractivity contribution is 5.73. The minimum atomic E-state index is -0.793. The van der Waals surface area contributed by atoms with Crippen molar-refractivity contribution in [1.29, 1.82) is 0 Å². The predicted molar refractivity (Wildman–Crippen MR) is 71.1 cm³/mol. The molecular formula is C15H19NO3. The fourth-order valence-electron chi connectivity index (χ4n) is 2.65. The summed E-state index contributed by atoms with van der Waals surface area (Å²) in [4.78, 5) is 13.2. The van der Waals surface area contributed by atoms with E-state index in [4.69, 9.17) is 4.74 Å². The number of morpholine rings is 1. The van der Waals surface area contributed by atoms with Gasteiger partial charge in [-0.15, -0.1) is 0 Å². The first kappa shape index (κ1) is 12.6. The second-order valence-corrected chi connectivity index (χ2v) is 5.42. The smallest absolute Gasteiger partial charge is 0.323 e. The van der Waals surface area contributed by atoms with E-state index in [0.717, 1.165) is 5.92 Å². The van der Waals surface area contributed by atoms with Crippen LogP contribution in [0.5, 0.6) is 0 Å². The maximum atomic E-state index is 11.2. The Balaban J connectivity index is 1.71. The molecule has 2 fully saturated rings. The van der Waals surface area contributed by atoms with Gasteiger partial charge in [0.1, 0.15) is 6.04 Å². The van der Waals surface area contributed by atoms with E-state index in [1.54, 1.807) is 0 Å². The van der Waals surface area contributed by atoms with Crippen molar-refractivity contribution in [2.24, 2.45) is 0 Å². The molecule has 0 aromatic heterocycles. The molecule has 4 nitrogen and oxygen atoms in total. The number of ether oxygens (including phenoxy) is 1. The summed E-state index contributed by atoms with van der Waals surface area (Å²) in [6.07, 6.45) is 2.58. The molecular weight excluding hydrogens is 242 g/mol. The molecule has 1 aliphatic heterocycles. The molecule has 4 heteroatoms. The maximum Gasteiger partial charge on any atom is 0.323 e. The Morgan fingerprint density at radius 2 is 2.26 bits per heavy atom. The lowest BCUT2D eigenvalue weighted by molar-refractivity contribution is -0.150. The van der Waals surface area contributed by atoms with E-state index in [-0.39, 0.29) is 6.61 Å². The number of aliphatic carboxylic acids is 1. The number of benzene rings is 1. The maximum absolute atomic E-state index is 11.2. The van der Waals surface area contributed by atoms with Crippen molar-refractivity contribution in [3.63, 3.8) is 0 Å². The summed E-state index contributed by atoms with van der Waals surface area (Å²) < 4.78 is 5.26. The third kappa shape index (κ3) is 2.96. The molecule has 1 saturated heterocycles. The van der Waals surface area contributed by atoms with Crippen LogP contribution >= 0.6 is 0 Å². The Morgan fingerprint density at radius 3 is 3.00 bits per heavy atom. The standard InChI is InChI=1S/C15H19NO3/c17-15(18)14-10-19-7-6-16(14)9-11-2-1-3-13(8-11)12-4-5-12/h1-3,8,12,14H,4-7,9-10H2,(H,17,18). The van der Waals surface area contributed by atoms with Crippen LogP contribution in [0.25, 0.3) is 0 Å². The first-order valence-corrected chi connectivity index (χ1v) is 6.87. The summed E-state index contributed by atoms with van der Waals surface area (Å²) in [7, 11) is 0. The third-order valence-electron chi connectivity index (χ3n) is 3.91. The van der Waals surface area contributed by atoms with Gasteiger partial charge >= 0.3 is 5.97 Å². The van der Waals surface area contributed by atoms with Crippen LogP contribution in [0.2, 0.25) is 0 Å². The Labute approximate surface area is 113 Å². The number of hydrogen-bond donors (Lipinski definition) is 1. The molecule has 3 rings (SSSR count). The van der Waals surface area contributed by atoms with Crippen molar-refractivity contribution in [3.05, 3.63) is 35.4 Å². The number of nitrogens with zero attached hydrogens (tertiary/aromatic N) is 1. The first-order valence-electron chi connectivity index (χ1n) is 6.87. The minimum Gasteiger partial charge on any atom is -0.480 e. The molecule has 1 saturated carbocycles. The quantitative estimate of drug-likeness (QED) is 0.898. The van der Waals surface area contributed by atoms with Gasteiger partial charge in [0, 0.05) is 13.1 Å². The van der Waals surface area contributed by atoms with Crippen molar-refractivity contribution in [2.75, 3.05) is 19.8 Å². The molecule has 1 aromatic carbocycles. The Morgan fingerprint density at radius 1 is 1.42 bits per heavy atom. The van der Waals surface area contributed by atoms with Crippen molar-refractivity contribution in [2.45, 2.75) is 31.3 Å². The van der Waals surface area contributed by atoms with Gasteiger partial charge in [-0.25, -0.2) is 0 Å². The molecule has 0 spiro atoms. The van der Waals surface area contributed by atoms with Crippen LogP contribution in [-0.4, -0.2) is 41.8 Å². The van der Waals surface area contributed by atoms with Gasteiger partial charge in [-0.05, 0) is 29.9 Å². The van der Waals surface area contributed by atoms with Gasteiger partial charge in [-0.2, -0.15) is 0 Å². The Kier molecular flexibility index (Phi) is 3.53. The molecule has 1 aromatic rings. The van der Waals surface area contributed by atoms with Crippen LogP contribution in [0.3, 0.4) is 0 Å². The second-order valence-electron chi connectivity index (χ2n) is 5.42. The van der Waals surface area contributed by atoms with Crippen LogP contribution in [0.4, 0.5) is 0 Å². The normalized spacial score (nSPS) is 24.3. The highest BCUT2D eigenvalue weighted by atomic mass is 16.5. The van der Waals surface area contributed by atoms with E-state index >= 15 is 0 Å². The topological polar surface area (TPSA) is 49.8 Å². The molecule has 1 N–H and O–H groups in total. The van der Waals surface area contributed by atoms with E-state index in [0.29, 0.717) is 19.7 Å². The number of carbonyl (C=O) groups is 1. The average Bonchev–Trinajstić information content (AvgIpc) is 3.24. The van der Waals surface area contributed by atoms with Crippen molar-refractivity contribution < 1.29 is 14.6 Å². The molecule has 2 aliphatic rings. The zero-order valence-corrected chi connectivity index (χ0v) is 10.9. The van der Waals surface area contributed by atoms with Crippen LogP contribution in [0.1, 0.15) is 29.9 Å². The van der Waals surface area contributed by atoms with E-state index < -0.39 is 12.0 Å². The molecule has 0 amide bonds. The minimum absolute atomic E-state index is 0.289. The number of carboxylic acid groups (broad SMARTS) is 1. The van der Waals surface area contributed by atoms with Crippen LogP contribution < -0.4 is 0 Å². The summed E-state index contributed by atoms with van der Waals surface area (Å²) in [6, 6.07) is 8.05. The lowest BCUT2D eigenvalue weighted by atomic mass is 10.1. The van der Waals surface area contributed by atoms with E-state index in [2.05, 4.69) is 24.3 Å². The lowest BCUT2D eigenvalue weighted by Crippen LogP contribution is -2.49. The Bertz CT molecular complexity index is 470. The molecule has 0 bridgehead atoms. The van der Waals surface area contributed by atoms with Crippen molar-refractivity contribution >= 4 is 5.97 Å². The van der Waals surface area contributed by atoms with E-state index in [9.17, 15) is 9.90 Å². The fourth-order valence-corrected chi connectivity index (χ4v) is 2.65. The Hall–Kier alpha value is -1.39. The summed E-state index contributed by atoms with van der Waals surface area (Å²) in [5.41, 5.74) is 2.61. The summed E-state index contributed by atoms with van der Waals surface area (Å²) in [5.74, 6) is -0.0574. The first-order chi connectivity index (χ1) is 9.24. The van der Waals surface area contributed by atoms with Gasteiger partial charge in [-0.3, -0.25) is 9.69 Å². The van der Waals surface area contributed by atoms with E-state index in [1.165, 1.54) is 24.0 Å². The monoisotopic (exact) mass is 261 g/mol. The molecule has 19 heavy (non-hydrogen) atoms.